The van der Waals surface area contributed by atoms with Gasteiger partial charge in [0.05, 0.1) is 11.1 Å². The molecule has 0 aromatic carbocycles. The number of hydrogen-bond acceptors (Lipinski definition) is 2. The molecule has 0 bridgehead atoms. The van der Waals surface area contributed by atoms with Crippen LogP contribution in [0.1, 0.15) is 5.69 Å². The minimum atomic E-state index is 1.03. The Morgan fingerprint density at radius 3 is 3.11 bits per heavy atom. The lowest BCUT2D eigenvalue weighted by Crippen LogP contribution is -1.70. The Kier molecular flexibility index (Phi) is 1.81. The lowest BCUT2D eigenvalue weighted by Gasteiger charge is -1.85. The van der Waals surface area contributed by atoms with Crippen molar-refractivity contribution in [1.82, 2.24) is 10.2 Å². The van der Waals surface area contributed by atoms with E-state index in [9.17, 15) is 0 Å². The highest BCUT2D eigenvalue weighted by molar-refractivity contribution is 8.04. The predicted octanol–water partition coefficient (Wildman–Crippen LogP) is 1.40. The number of H-pyrrole nitrogens is 1. The van der Waals surface area contributed by atoms with E-state index in [-0.39, 0.29) is 0 Å². The van der Waals surface area contributed by atoms with E-state index in [0.29, 0.717) is 0 Å². The van der Waals surface area contributed by atoms with Gasteiger partial charge in [0.1, 0.15) is 0 Å². The predicted molar refractivity (Wildman–Crippen MR) is 38.0 cm³/mol. The highest BCUT2D eigenvalue weighted by Crippen LogP contribution is 2.17. The molecule has 0 spiro atoms. The quantitative estimate of drug-likeness (QED) is 0.469. The molecule has 0 unspecified atom stereocenters. The molecule has 0 saturated heterocycles. The molecule has 3 heteroatoms. The lowest BCUT2D eigenvalue weighted by atomic mass is 10.5. The van der Waals surface area contributed by atoms with Gasteiger partial charge in [0, 0.05) is 5.69 Å². The molecule has 1 rings (SSSR count). The van der Waals surface area contributed by atoms with E-state index in [4.69, 9.17) is 6.42 Å². The van der Waals surface area contributed by atoms with Crippen LogP contribution in [0.4, 0.5) is 0 Å². The first-order valence-corrected chi connectivity index (χ1v) is 3.28. The van der Waals surface area contributed by atoms with Crippen LogP contribution < -0.4 is 0 Å². The molecule has 1 aromatic rings. The Balaban J connectivity index is 2.84. The molecule has 0 radical (unpaired) electrons. The SMILES string of the molecule is C#CSc1cn[nH]c1C. The van der Waals surface area contributed by atoms with Gasteiger partial charge < -0.3 is 0 Å². The maximum Gasteiger partial charge on any atom is 0.0636 e. The summed E-state index contributed by atoms with van der Waals surface area (Å²) in [6.07, 6.45) is 6.78. The number of terminal acetylenes is 1. The minimum absolute atomic E-state index is 1.03. The smallest absolute Gasteiger partial charge is 0.0636 e. The maximum absolute atomic E-state index is 5.06. The molecule has 1 N–H and O–H groups in total. The highest BCUT2D eigenvalue weighted by Gasteiger charge is 1.96. The van der Waals surface area contributed by atoms with Crippen molar-refractivity contribution in [2.75, 3.05) is 0 Å². The van der Waals surface area contributed by atoms with Crippen LogP contribution in [-0.4, -0.2) is 10.2 Å². The van der Waals surface area contributed by atoms with Crippen molar-refractivity contribution in [2.24, 2.45) is 0 Å². The van der Waals surface area contributed by atoms with E-state index < -0.39 is 0 Å². The lowest BCUT2D eigenvalue weighted by molar-refractivity contribution is 1.04. The summed E-state index contributed by atoms with van der Waals surface area (Å²) in [6, 6.07) is 0. The third-order valence-electron chi connectivity index (χ3n) is 0.953. The summed E-state index contributed by atoms with van der Waals surface area (Å²) in [5.74, 6) is 0. The number of aromatic nitrogens is 2. The second-order valence-corrected chi connectivity index (χ2v) is 2.46. The fraction of sp³-hybridized carbons (Fsp3) is 0.167. The van der Waals surface area contributed by atoms with E-state index in [1.807, 2.05) is 6.92 Å². The Bertz CT molecular complexity index is 233. The zero-order valence-electron chi connectivity index (χ0n) is 5.01. The van der Waals surface area contributed by atoms with Crippen LogP contribution >= 0.6 is 11.8 Å². The number of nitrogens with one attached hydrogen (secondary N) is 1. The summed E-state index contributed by atoms with van der Waals surface area (Å²) in [6.45, 7) is 1.94. The van der Waals surface area contributed by atoms with Gasteiger partial charge in [-0.3, -0.25) is 5.10 Å². The number of thioether (sulfide) groups is 1. The van der Waals surface area contributed by atoms with Crippen LogP contribution in [0.25, 0.3) is 0 Å². The molecule has 0 fully saturated rings. The molecule has 1 aromatic heterocycles. The zero-order valence-corrected chi connectivity index (χ0v) is 5.83. The molecule has 0 saturated carbocycles. The van der Waals surface area contributed by atoms with E-state index in [1.54, 1.807) is 6.20 Å². The van der Waals surface area contributed by atoms with Gasteiger partial charge in [0.15, 0.2) is 0 Å². The molecule has 0 amide bonds. The van der Waals surface area contributed by atoms with Gasteiger partial charge in [0.25, 0.3) is 0 Å². The summed E-state index contributed by atoms with van der Waals surface area (Å²) in [5, 5.41) is 9.05. The van der Waals surface area contributed by atoms with E-state index in [1.165, 1.54) is 11.8 Å². The van der Waals surface area contributed by atoms with Crippen LogP contribution in [0.2, 0.25) is 0 Å². The Morgan fingerprint density at radius 1 is 1.89 bits per heavy atom. The van der Waals surface area contributed by atoms with Gasteiger partial charge in [-0.1, -0.05) is 0 Å². The van der Waals surface area contributed by atoms with Gasteiger partial charge in [-0.05, 0) is 23.9 Å². The van der Waals surface area contributed by atoms with Crippen molar-refractivity contribution in [3.8, 4) is 11.7 Å². The van der Waals surface area contributed by atoms with E-state index in [2.05, 4.69) is 15.4 Å². The van der Waals surface area contributed by atoms with Crippen LogP contribution in [0.3, 0.4) is 0 Å². The van der Waals surface area contributed by atoms with Crippen molar-refractivity contribution in [3.63, 3.8) is 0 Å². The molecule has 9 heavy (non-hydrogen) atoms. The van der Waals surface area contributed by atoms with Crippen LogP contribution in [0.15, 0.2) is 11.1 Å². The average Bonchev–Trinajstić information content (AvgIpc) is 2.18. The first-order valence-electron chi connectivity index (χ1n) is 2.47. The summed E-state index contributed by atoms with van der Waals surface area (Å²) >= 11 is 1.34. The molecular formula is C6H6N2S. The molecule has 0 atom stereocenters. The molecule has 0 aliphatic carbocycles. The van der Waals surface area contributed by atoms with Crippen molar-refractivity contribution >= 4 is 11.8 Å². The Labute approximate surface area is 58.0 Å². The topological polar surface area (TPSA) is 28.7 Å². The molecule has 0 aliphatic rings. The Morgan fingerprint density at radius 2 is 2.67 bits per heavy atom. The first kappa shape index (κ1) is 6.24. The average molecular weight is 138 g/mol. The number of hydrogen-bond donors (Lipinski definition) is 1. The molecular weight excluding hydrogens is 132 g/mol. The summed E-state index contributed by atoms with van der Waals surface area (Å²) in [7, 11) is 0. The summed E-state index contributed by atoms with van der Waals surface area (Å²) < 4.78 is 0. The zero-order chi connectivity index (χ0) is 6.69. The summed E-state index contributed by atoms with van der Waals surface area (Å²) in [4.78, 5) is 1.03. The third kappa shape index (κ3) is 1.27. The van der Waals surface area contributed by atoms with Gasteiger partial charge in [0.2, 0.25) is 0 Å². The van der Waals surface area contributed by atoms with Gasteiger partial charge in [-0.15, -0.1) is 6.42 Å². The fourth-order valence-corrected chi connectivity index (χ4v) is 0.937. The van der Waals surface area contributed by atoms with E-state index in [0.717, 1.165) is 10.6 Å². The minimum Gasteiger partial charge on any atom is -0.282 e. The van der Waals surface area contributed by atoms with Crippen molar-refractivity contribution < 1.29 is 0 Å². The number of nitrogens with zero attached hydrogens (tertiary/aromatic N) is 1. The van der Waals surface area contributed by atoms with Crippen LogP contribution in [0, 0.1) is 18.6 Å². The van der Waals surface area contributed by atoms with Gasteiger partial charge in [-0.25, -0.2) is 0 Å². The van der Waals surface area contributed by atoms with Crippen molar-refractivity contribution in [2.45, 2.75) is 11.8 Å². The normalized spacial score (nSPS) is 8.89. The van der Waals surface area contributed by atoms with Crippen molar-refractivity contribution in [1.29, 1.82) is 0 Å². The molecule has 1 heterocycles. The molecule has 2 nitrogen and oxygen atoms in total. The fourth-order valence-electron chi connectivity index (χ4n) is 0.506. The number of aromatic amines is 1. The largest absolute Gasteiger partial charge is 0.282 e. The number of aryl methyl sites for hydroxylation is 1. The second-order valence-electron chi connectivity index (χ2n) is 1.58. The molecule has 0 aliphatic heterocycles. The van der Waals surface area contributed by atoms with Crippen LogP contribution in [-0.2, 0) is 0 Å². The molecule has 46 valence electrons. The standard InChI is InChI=1S/C6H6N2S/c1-3-9-6-4-7-8-5(6)2/h1,4H,2H3,(H,7,8). The summed E-state index contributed by atoms with van der Waals surface area (Å²) in [5.41, 5.74) is 1.03. The van der Waals surface area contributed by atoms with Crippen molar-refractivity contribution in [3.05, 3.63) is 11.9 Å². The Hall–Kier alpha value is -0.880. The number of rotatable bonds is 1. The second kappa shape index (κ2) is 2.60. The highest BCUT2D eigenvalue weighted by atomic mass is 32.2. The van der Waals surface area contributed by atoms with Crippen LogP contribution in [0.5, 0.6) is 0 Å². The van der Waals surface area contributed by atoms with Gasteiger partial charge >= 0.3 is 0 Å². The van der Waals surface area contributed by atoms with E-state index >= 15 is 0 Å². The monoisotopic (exact) mass is 138 g/mol. The van der Waals surface area contributed by atoms with Gasteiger partial charge in [-0.2, -0.15) is 5.10 Å². The maximum atomic E-state index is 5.06. The first-order chi connectivity index (χ1) is 4.34. The third-order valence-corrected chi connectivity index (χ3v) is 1.70.